The van der Waals surface area contributed by atoms with Crippen molar-refractivity contribution in [3.63, 3.8) is 0 Å². The van der Waals surface area contributed by atoms with Gasteiger partial charge in [-0.25, -0.2) is 19.7 Å². The van der Waals surface area contributed by atoms with Crippen LogP contribution in [-0.4, -0.2) is 34.1 Å². The van der Waals surface area contributed by atoms with Gasteiger partial charge in [0.1, 0.15) is 21.9 Å². The Kier molecular flexibility index (Phi) is 6.18. The maximum Gasteiger partial charge on any atom is 0.348 e. The number of aromatic nitrogens is 3. The van der Waals surface area contributed by atoms with E-state index in [1.165, 1.54) is 17.7 Å². The number of hydrogen-bond donors (Lipinski definition) is 1. The molecule has 3 aromatic heterocycles. The van der Waals surface area contributed by atoms with E-state index in [0.29, 0.717) is 36.3 Å². The first-order chi connectivity index (χ1) is 13.2. The number of nitrogens with one attached hydrogen (secondary N) is 1. The normalized spacial score (nSPS) is 10.8. The number of nitrogens with zero attached hydrogens (tertiary/aromatic N) is 3. The van der Waals surface area contributed by atoms with Crippen LogP contribution in [-0.2, 0) is 11.3 Å². The second-order valence-electron chi connectivity index (χ2n) is 5.85. The smallest absolute Gasteiger partial charge is 0.348 e. The number of rotatable bonds is 8. The van der Waals surface area contributed by atoms with E-state index in [4.69, 9.17) is 9.47 Å². The van der Waals surface area contributed by atoms with Gasteiger partial charge in [0.25, 0.3) is 0 Å². The van der Waals surface area contributed by atoms with Crippen molar-refractivity contribution < 1.29 is 14.3 Å². The second-order valence-corrected chi connectivity index (χ2v) is 6.85. The molecule has 0 aliphatic rings. The molecule has 0 aliphatic carbocycles. The lowest BCUT2D eigenvalue weighted by Crippen LogP contribution is -2.07. The Morgan fingerprint density at radius 3 is 2.89 bits per heavy atom. The molecule has 7 nitrogen and oxygen atoms in total. The summed E-state index contributed by atoms with van der Waals surface area (Å²) in [7, 11) is 0. The minimum Gasteiger partial charge on any atom is -0.477 e. The summed E-state index contributed by atoms with van der Waals surface area (Å²) in [5, 5.41) is 4.17. The van der Waals surface area contributed by atoms with Crippen molar-refractivity contribution >= 4 is 33.3 Å². The van der Waals surface area contributed by atoms with Crippen molar-refractivity contribution in [1.29, 1.82) is 0 Å². The number of ether oxygens (including phenoxy) is 2. The summed E-state index contributed by atoms with van der Waals surface area (Å²) in [6.07, 6.45) is 4.13. The van der Waals surface area contributed by atoms with Crippen LogP contribution in [0.15, 0.2) is 24.7 Å². The number of carbonyl (C=O) groups is 1. The van der Waals surface area contributed by atoms with Crippen LogP contribution in [0, 0.1) is 6.92 Å². The van der Waals surface area contributed by atoms with Crippen molar-refractivity contribution in [3.05, 3.63) is 40.7 Å². The van der Waals surface area contributed by atoms with Crippen molar-refractivity contribution in [1.82, 2.24) is 15.0 Å². The molecule has 0 aliphatic heterocycles. The topological polar surface area (TPSA) is 86.2 Å². The third kappa shape index (κ3) is 4.16. The summed E-state index contributed by atoms with van der Waals surface area (Å²) in [6, 6.07) is 3.84. The summed E-state index contributed by atoms with van der Waals surface area (Å²) in [5.74, 6) is 0.965. The van der Waals surface area contributed by atoms with Crippen LogP contribution < -0.4 is 10.1 Å². The number of pyridine rings is 1. The lowest BCUT2D eigenvalue weighted by atomic mass is 10.2. The first-order valence-corrected chi connectivity index (χ1v) is 9.69. The lowest BCUT2D eigenvalue weighted by molar-refractivity contribution is 0.0531. The van der Waals surface area contributed by atoms with Gasteiger partial charge < -0.3 is 14.8 Å². The van der Waals surface area contributed by atoms with Crippen LogP contribution >= 0.6 is 11.3 Å². The molecule has 0 amide bonds. The number of anilines is 1. The van der Waals surface area contributed by atoms with Gasteiger partial charge in [0.05, 0.1) is 18.6 Å². The minimum absolute atomic E-state index is 0.327. The highest BCUT2D eigenvalue weighted by Crippen LogP contribution is 2.34. The Morgan fingerprint density at radius 1 is 1.26 bits per heavy atom. The molecule has 0 fully saturated rings. The van der Waals surface area contributed by atoms with Gasteiger partial charge in [0, 0.05) is 18.3 Å². The number of thiophene rings is 1. The highest BCUT2D eigenvalue weighted by atomic mass is 32.1. The van der Waals surface area contributed by atoms with Crippen molar-refractivity contribution in [2.24, 2.45) is 0 Å². The molecular formula is C19H22N4O3S. The number of aryl methyl sites for hydroxylation is 1. The molecule has 27 heavy (non-hydrogen) atoms. The summed E-state index contributed by atoms with van der Waals surface area (Å²) in [6.45, 7) is 7.19. The van der Waals surface area contributed by atoms with Gasteiger partial charge >= 0.3 is 5.97 Å². The third-order valence-corrected chi connectivity index (χ3v) is 5.11. The summed E-state index contributed by atoms with van der Waals surface area (Å²) in [5.41, 5.74) is 1.77. The van der Waals surface area contributed by atoms with E-state index >= 15 is 0 Å². The summed E-state index contributed by atoms with van der Waals surface area (Å²) in [4.78, 5) is 26.4. The molecule has 0 atom stereocenters. The Morgan fingerprint density at radius 2 is 2.11 bits per heavy atom. The molecule has 0 radical (unpaired) electrons. The first-order valence-electron chi connectivity index (χ1n) is 8.87. The van der Waals surface area contributed by atoms with Crippen LogP contribution in [0.1, 0.15) is 41.1 Å². The van der Waals surface area contributed by atoms with Gasteiger partial charge in [0.2, 0.25) is 5.88 Å². The molecule has 142 valence electrons. The molecule has 1 N–H and O–H groups in total. The highest BCUT2D eigenvalue weighted by Gasteiger charge is 2.20. The van der Waals surface area contributed by atoms with Crippen LogP contribution in [0.3, 0.4) is 0 Å². The van der Waals surface area contributed by atoms with E-state index < -0.39 is 0 Å². The van der Waals surface area contributed by atoms with Crippen molar-refractivity contribution in [2.75, 3.05) is 18.5 Å². The molecule has 0 unspecified atom stereocenters. The lowest BCUT2D eigenvalue weighted by Gasteiger charge is -2.11. The summed E-state index contributed by atoms with van der Waals surface area (Å²) >= 11 is 1.32. The van der Waals surface area contributed by atoms with E-state index in [0.717, 1.165) is 27.8 Å². The first kappa shape index (κ1) is 19.0. The quantitative estimate of drug-likeness (QED) is 0.586. The van der Waals surface area contributed by atoms with Gasteiger partial charge in [-0.1, -0.05) is 13.0 Å². The van der Waals surface area contributed by atoms with Crippen LogP contribution in [0.25, 0.3) is 10.2 Å². The van der Waals surface area contributed by atoms with Gasteiger partial charge in [-0.3, -0.25) is 0 Å². The summed E-state index contributed by atoms with van der Waals surface area (Å²) < 4.78 is 10.8. The minimum atomic E-state index is -0.327. The van der Waals surface area contributed by atoms with Gasteiger partial charge in [-0.05, 0) is 31.9 Å². The molecule has 0 spiro atoms. The SMILES string of the molecule is CCCOc1ncccc1CNc1ncnc2sc(C(=O)OCC)c(C)c12. The molecule has 8 heteroatoms. The van der Waals surface area contributed by atoms with E-state index in [9.17, 15) is 4.79 Å². The molecule has 0 bridgehead atoms. The van der Waals surface area contributed by atoms with Gasteiger partial charge in [0.15, 0.2) is 0 Å². The van der Waals surface area contributed by atoms with Crippen molar-refractivity contribution in [2.45, 2.75) is 33.7 Å². The zero-order valence-corrected chi connectivity index (χ0v) is 16.4. The van der Waals surface area contributed by atoms with Crippen LogP contribution in [0.4, 0.5) is 5.82 Å². The third-order valence-electron chi connectivity index (χ3n) is 3.93. The zero-order valence-electron chi connectivity index (χ0n) is 15.6. The predicted octanol–water partition coefficient (Wildman–Crippen LogP) is 3.97. The van der Waals surface area contributed by atoms with E-state index in [2.05, 4.69) is 27.2 Å². The average molecular weight is 386 g/mol. The number of hydrogen-bond acceptors (Lipinski definition) is 8. The average Bonchev–Trinajstić information content (AvgIpc) is 3.03. The maximum absolute atomic E-state index is 12.2. The fraction of sp³-hybridized carbons (Fsp3) is 0.368. The molecule has 3 heterocycles. The van der Waals surface area contributed by atoms with E-state index in [1.807, 2.05) is 19.1 Å². The maximum atomic E-state index is 12.2. The second kappa shape index (κ2) is 8.77. The molecule has 3 rings (SSSR count). The van der Waals surface area contributed by atoms with E-state index in [1.54, 1.807) is 13.1 Å². The highest BCUT2D eigenvalue weighted by molar-refractivity contribution is 7.20. The number of carbonyl (C=O) groups excluding carboxylic acids is 1. The Labute approximate surface area is 161 Å². The molecule has 0 saturated heterocycles. The van der Waals surface area contributed by atoms with Crippen LogP contribution in [0.2, 0.25) is 0 Å². The number of fused-ring (bicyclic) bond motifs is 1. The molecule has 0 saturated carbocycles. The van der Waals surface area contributed by atoms with Gasteiger partial charge in [-0.15, -0.1) is 11.3 Å². The number of esters is 1. The standard InChI is InChI=1S/C19H22N4O3S/c1-4-9-26-17-13(7-6-8-20-17)10-21-16-14-12(3)15(19(24)25-5-2)27-18(14)23-11-22-16/h6-8,11H,4-5,9-10H2,1-3H3,(H,21,22,23). The Balaban J connectivity index is 1.87. The fourth-order valence-corrected chi connectivity index (χ4v) is 3.71. The molecule has 3 aromatic rings. The Bertz CT molecular complexity index is 942. The van der Waals surface area contributed by atoms with Crippen LogP contribution in [0.5, 0.6) is 5.88 Å². The largest absolute Gasteiger partial charge is 0.477 e. The Hall–Kier alpha value is -2.74. The fourth-order valence-electron chi connectivity index (χ4n) is 2.66. The van der Waals surface area contributed by atoms with E-state index in [-0.39, 0.29) is 5.97 Å². The van der Waals surface area contributed by atoms with Crippen molar-refractivity contribution in [3.8, 4) is 5.88 Å². The molecule has 0 aromatic carbocycles. The molecular weight excluding hydrogens is 364 g/mol. The zero-order chi connectivity index (χ0) is 19.2. The van der Waals surface area contributed by atoms with Gasteiger partial charge in [-0.2, -0.15) is 0 Å². The monoisotopic (exact) mass is 386 g/mol. The predicted molar refractivity (Wildman–Crippen MR) is 105 cm³/mol.